The van der Waals surface area contributed by atoms with Crippen LogP contribution in [0, 0.1) is 11.8 Å². The lowest BCUT2D eigenvalue weighted by Gasteiger charge is -2.25. The van der Waals surface area contributed by atoms with Crippen molar-refractivity contribution in [1.82, 2.24) is 0 Å². The second-order valence-electron chi connectivity index (χ2n) is 7.05. The van der Waals surface area contributed by atoms with Gasteiger partial charge in [-0.1, -0.05) is 31.9 Å². The van der Waals surface area contributed by atoms with Crippen LogP contribution in [0.4, 0.5) is 0 Å². The van der Waals surface area contributed by atoms with Gasteiger partial charge < -0.3 is 19.7 Å². The molecule has 0 aromatic heterocycles. The standard InChI is InChI=1S/C19H32O5/c1-2-3-6-14(20)8-9-15-16(18-11-10-17(15)24-18)13-23-12-5-4-7-19(21)22/h8-9,14-18,20H,2-7,10-13H2,1H3,(H,21,22)/b9-8+/t14?,15-,16+,17-,18+/m1/s1. The summed E-state index contributed by atoms with van der Waals surface area (Å²) in [6.07, 6.45) is 11.1. The third-order valence-electron chi connectivity index (χ3n) is 5.14. The summed E-state index contributed by atoms with van der Waals surface area (Å²) in [6, 6.07) is 0. The van der Waals surface area contributed by atoms with Crippen molar-refractivity contribution < 1.29 is 24.5 Å². The second-order valence-corrected chi connectivity index (χ2v) is 7.05. The maximum Gasteiger partial charge on any atom is 0.303 e. The fourth-order valence-corrected chi connectivity index (χ4v) is 3.76. The van der Waals surface area contributed by atoms with Gasteiger partial charge in [-0.3, -0.25) is 4.79 Å². The van der Waals surface area contributed by atoms with E-state index >= 15 is 0 Å². The van der Waals surface area contributed by atoms with E-state index in [1.54, 1.807) is 0 Å². The first kappa shape index (κ1) is 19.4. The number of rotatable bonds is 12. The Labute approximate surface area is 145 Å². The summed E-state index contributed by atoms with van der Waals surface area (Å²) < 4.78 is 11.8. The number of unbranched alkanes of at least 4 members (excludes halogenated alkanes) is 2. The van der Waals surface area contributed by atoms with Gasteiger partial charge in [0.15, 0.2) is 0 Å². The molecular formula is C19H32O5. The molecule has 0 aromatic rings. The van der Waals surface area contributed by atoms with Crippen molar-refractivity contribution in [2.75, 3.05) is 13.2 Å². The van der Waals surface area contributed by atoms with E-state index in [2.05, 4.69) is 13.0 Å². The molecule has 2 bridgehead atoms. The molecule has 138 valence electrons. The molecule has 2 aliphatic heterocycles. The Hall–Kier alpha value is -0.910. The molecule has 0 radical (unpaired) electrons. The fourth-order valence-electron chi connectivity index (χ4n) is 3.76. The molecule has 0 aliphatic carbocycles. The molecule has 0 spiro atoms. The van der Waals surface area contributed by atoms with Crippen molar-refractivity contribution in [3.63, 3.8) is 0 Å². The van der Waals surface area contributed by atoms with Gasteiger partial charge in [-0.25, -0.2) is 0 Å². The van der Waals surface area contributed by atoms with Gasteiger partial charge in [0.05, 0.1) is 24.9 Å². The molecule has 0 saturated carbocycles. The molecule has 1 unspecified atom stereocenters. The van der Waals surface area contributed by atoms with Crippen molar-refractivity contribution >= 4 is 5.97 Å². The van der Waals surface area contributed by atoms with E-state index in [0.29, 0.717) is 31.5 Å². The minimum absolute atomic E-state index is 0.210. The number of fused-ring (bicyclic) bond motifs is 2. The Morgan fingerprint density at radius 3 is 2.83 bits per heavy atom. The molecule has 0 amide bonds. The maximum absolute atomic E-state index is 10.5. The van der Waals surface area contributed by atoms with E-state index in [4.69, 9.17) is 14.6 Å². The van der Waals surface area contributed by atoms with Crippen molar-refractivity contribution in [2.24, 2.45) is 11.8 Å². The molecule has 0 aromatic carbocycles. The van der Waals surface area contributed by atoms with Crippen LogP contribution in [0.3, 0.4) is 0 Å². The first-order valence-corrected chi connectivity index (χ1v) is 9.43. The molecule has 2 heterocycles. The van der Waals surface area contributed by atoms with E-state index < -0.39 is 5.97 Å². The van der Waals surface area contributed by atoms with Crippen LogP contribution < -0.4 is 0 Å². The zero-order valence-electron chi connectivity index (χ0n) is 14.7. The van der Waals surface area contributed by atoms with Crippen LogP contribution in [-0.2, 0) is 14.3 Å². The molecule has 2 aliphatic rings. The van der Waals surface area contributed by atoms with Gasteiger partial charge in [0.2, 0.25) is 0 Å². The number of ether oxygens (including phenoxy) is 2. The Bertz CT molecular complexity index is 409. The van der Waals surface area contributed by atoms with Crippen LogP contribution in [0.25, 0.3) is 0 Å². The molecule has 2 saturated heterocycles. The first-order chi connectivity index (χ1) is 11.6. The molecule has 2 N–H and O–H groups in total. The minimum Gasteiger partial charge on any atom is -0.481 e. The Kier molecular flexibility index (Phi) is 8.22. The largest absolute Gasteiger partial charge is 0.481 e. The summed E-state index contributed by atoms with van der Waals surface area (Å²) >= 11 is 0. The van der Waals surface area contributed by atoms with E-state index in [9.17, 15) is 9.90 Å². The molecular weight excluding hydrogens is 308 g/mol. The van der Waals surface area contributed by atoms with Gasteiger partial charge in [-0.05, 0) is 32.1 Å². The van der Waals surface area contributed by atoms with Crippen LogP contribution in [-0.4, -0.2) is 47.7 Å². The highest BCUT2D eigenvalue weighted by molar-refractivity contribution is 5.66. The maximum atomic E-state index is 10.5. The average molecular weight is 340 g/mol. The number of carboxylic acid groups (broad SMARTS) is 1. The smallest absolute Gasteiger partial charge is 0.303 e. The van der Waals surface area contributed by atoms with Crippen molar-refractivity contribution in [2.45, 2.75) is 76.6 Å². The van der Waals surface area contributed by atoms with Crippen LogP contribution in [0.15, 0.2) is 12.2 Å². The SMILES string of the molecule is CCCCC(O)/C=C/[C@@H]1[C@H](COCCCCC(=O)O)[C@@H]2CC[C@H]1O2. The van der Waals surface area contributed by atoms with Gasteiger partial charge in [0.1, 0.15) is 0 Å². The minimum atomic E-state index is -0.747. The van der Waals surface area contributed by atoms with Crippen LogP contribution in [0.2, 0.25) is 0 Å². The molecule has 5 nitrogen and oxygen atoms in total. The zero-order chi connectivity index (χ0) is 17.4. The van der Waals surface area contributed by atoms with Gasteiger partial charge >= 0.3 is 5.97 Å². The molecule has 5 heteroatoms. The normalized spacial score (nSPS) is 30.2. The van der Waals surface area contributed by atoms with Gasteiger partial charge in [-0.15, -0.1) is 0 Å². The summed E-state index contributed by atoms with van der Waals surface area (Å²) in [7, 11) is 0. The number of aliphatic hydroxyl groups is 1. The summed E-state index contributed by atoms with van der Waals surface area (Å²) in [6.45, 7) is 3.40. The highest BCUT2D eigenvalue weighted by Gasteiger charge is 2.47. The van der Waals surface area contributed by atoms with Gasteiger partial charge in [-0.2, -0.15) is 0 Å². The molecule has 2 fully saturated rings. The van der Waals surface area contributed by atoms with E-state index in [0.717, 1.165) is 38.5 Å². The average Bonchev–Trinajstić information content (AvgIpc) is 3.15. The highest BCUT2D eigenvalue weighted by Crippen LogP contribution is 2.44. The number of hydrogen-bond acceptors (Lipinski definition) is 4. The quantitative estimate of drug-likeness (QED) is 0.421. The zero-order valence-corrected chi connectivity index (χ0v) is 14.7. The topological polar surface area (TPSA) is 76.0 Å². The predicted octanol–water partition coefficient (Wildman–Crippen LogP) is 3.16. The Morgan fingerprint density at radius 2 is 2.08 bits per heavy atom. The Morgan fingerprint density at radius 1 is 1.29 bits per heavy atom. The Balaban J connectivity index is 1.73. The van der Waals surface area contributed by atoms with Crippen molar-refractivity contribution in [3.05, 3.63) is 12.2 Å². The summed E-state index contributed by atoms with van der Waals surface area (Å²) in [5, 5.41) is 18.6. The lowest BCUT2D eigenvalue weighted by Crippen LogP contribution is -2.30. The highest BCUT2D eigenvalue weighted by atomic mass is 16.5. The fraction of sp³-hybridized carbons (Fsp3) is 0.842. The number of aliphatic carboxylic acids is 1. The number of carbonyl (C=O) groups is 1. The van der Waals surface area contributed by atoms with E-state index in [-0.39, 0.29) is 24.7 Å². The number of carboxylic acids is 1. The van der Waals surface area contributed by atoms with Crippen LogP contribution in [0.1, 0.15) is 58.3 Å². The van der Waals surface area contributed by atoms with Crippen molar-refractivity contribution in [1.29, 1.82) is 0 Å². The predicted molar refractivity (Wildman–Crippen MR) is 91.9 cm³/mol. The van der Waals surface area contributed by atoms with Gasteiger partial charge in [0.25, 0.3) is 0 Å². The van der Waals surface area contributed by atoms with E-state index in [1.807, 2.05) is 6.08 Å². The van der Waals surface area contributed by atoms with Crippen molar-refractivity contribution in [3.8, 4) is 0 Å². The summed E-state index contributed by atoms with van der Waals surface area (Å²) in [4.78, 5) is 10.5. The number of hydrogen-bond donors (Lipinski definition) is 2. The lowest BCUT2D eigenvalue weighted by molar-refractivity contribution is -0.137. The second kappa shape index (κ2) is 10.2. The molecule has 2 rings (SSSR count). The van der Waals surface area contributed by atoms with Crippen LogP contribution in [0.5, 0.6) is 0 Å². The number of aliphatic hydroxyl groups excluding tert-OH is 1. The monoisotopic (exact) mass is 340 g/mol. The summed E-state index contributed by atoms with van der Waals surface area (Å²) in [5.41, 5.74) is 0. The van der Waals surface area contributed by atoms with Gasteiger partial charge in [0, 0.05) is 24.9 Å². The third-order valence-corrected chi connectivity index (χ3v) is 5.14. The van der Waals surface area contributed by atoms with E-state index in [1.165, 1.54) is 0 Å². The third kappa shape index (κ3) is 5.87. The first-order valence-electron chi connectivity index (χ1n) is 9.43. The van der Waals surface area contributed by atoms with Crippen LogP contribution >= 0.6 is 0 Å². The molecule has 24 heavy (non-hydrogen) atoms. The lowest BCUT2D eigenvalue weighted by atomic mass is 9.79. The molecule has 5 atom stereocenters. The summed E-state index contributed by atoms with van der Waals surface area (Å²) in [5.74, 6) is -0.0553.